The smallest absolute Gasteiger partial charge is 0.261 e. The Morgan fingerprint density at radius 2 is 1.92 bits per heavy atom. The number of nitrogens with zero attached hydrogens (tertiary/aromatic N) is 2. The molecule has 6 heteroatoms. The number of carbonyl (C=O) groups is 1. The lowest BCUT2D eigenvalue weighted by molar-refractivity contribution is 0.0958. The third-order valence-corrected chi connectivity index (χ3v) is 5.32. The Morgan fingerprint density at radius 1 is 1.20 bits per heavy atom. The largest absolute Gasteiger partial charge is 0.508 e. The van der Waals surface area contributed by atoms with Gasteiger partial charge in [-0.15, -0.1) is 11.3 Å². The number of hydrogen-bond donors (Lipinski definition) is 2. The zero-order chi connectivity index (χ0) is 18.0. The monoisotopic (exact) mass is 355 g/mol. The Hall–Kier alpha value is -2.60. The van der Waals surface area contributed by atoms with Gasteiger partial charge >= 0.3 is 0 Å². The van der Waals surface area contributed by atoms with Crippen LogP contribution in [0.2, 0.25) is 0 Å². The molecule has 1 aromatic carbocycles. The van der Waals surface area contributed by atoms with Gasteiger partial charge in [-0.2, -0.15) is 5.10 Å². The van der Waals surface area contributed by atoms with E-state index in [1.807, 2.05) is 49.8 Å². The summed E-state index contributed by atoms with van der Waals surface area (Å²) in [5.41, 5.74) is 4.25. The molecule has 3 aromatic rings. The zero-order valence-electron chi connectivity index (χ0n) is 14.5. The predicted octanol–water partition coefficient (Wildman–Crippen LogP) is 3.44. The van der Waals surface area contributed by atoms with Crippen LogP contribution >= 0.6 is 11.3 Å². The Morgan fingerprint density at radius 3 is 2.56 bits per heavy atom. The number of aromatic hydroxyl groups is 1. The molecule has 25 heavy (non-hydrogen) atoms. The molecular weight excluding hydrogens is 334 g/mol. The molecule has 5 nitrogen and oxygen atoms in total. The molecule has 2 N–H and O–H groups in total. The van der Waals surface area contributed by atoms with Gasteiger partial charge in [0.1, 0.15) is 5.75 Å². The summed E-state index contributed by atoms with van der Waals surface area (Å²) in [7, 11) is 1.93. The predicted molar refractivity (Wildman–Crippen MR) is 100 cm³/mol. The summed E-state index contributed by atoms with van der Waals surface area (Å²) in [6.07, 6.45) is 0.727. The van der Waals surface area contributed by atoms with E-state index in [-0.39, 0.29) is 11.7 Å². The maximum Gasteiger partial charge on any atom is 0.261 e. The topological polar surface area (TPSA) is 67.2 Å². The van der Waals surface area contributed by atoms with Gasteiger partial charge in [-0.25, -0.2) is 0 Å². The molecule has 0 fully saturated rings. The van der Waals surface area contributed by atoms with Crippen LogP contribution in [-0.4, -0.2) is 27.3 Å². The molecule has 3 rings (SSSR count). The molecule has 130 valence electrons. The molecule has 0 atom stereocenters. The maximum atomic E-state index is 12.3. The van der Waals surface area contributed by atoms with E-state index >= 15 is 0 Å². The van der Waals surface area contributed by atoms with Crippen LogP contribution in [0.15, 0.2) is 36.4 Å². The average Bonchev–Trinajstić information content (AvgIpc) is 3.14. The van der Waals surface area contributed by atoms with Crippen molar-refractivity contribution in [2.45, 2.75) is 20.3 Å². The molecule has 2 heterocycles. The molecule has 0 bridgehead atoms. The second-order valence-corrected chi connectivity index (χ2v) is 7.09. The van der Waals surface area contributed by atoms with Crippen molar-refractivity contribution in [2.24, 2.45) is 7.05 Å². The molecule has 0 aliphatic carbocycles. The summed E-state index contributed by atoms with van der Waals surface area (Å²) in [5.74, 6) is 0.189. The first-order valence-electron chi connectivity index (χ1n) is 8.12. The Balaban J connectivity index is 1.63. The number of aromatic nitrogens is 2. The van der Waals surface area contributed by atoms with E-state index < -0.39 is 0 Å². The highest BCUT2D eigenvalue weighted by atomic mass is 32.1. The molecule has 1 amide bonds. The van der Waals surface area contributed by atoms with Crippen LogP contribution in [0.25, 0.3) is 10.4 Å². The molecule has 0 spiro atoms. The van der Waals surface area contributed by atoms with E-state index in [4.69, 9.17) is 0 Å². The van der Waals surface area contributed by atoms with Gasteiger partial charge in [0.25, 0.3) is 5.91 Å². The molecule has 0 saturated carbocycles. The lowest BCUT2D eigenvalue weighted by Gasteiger charge is -2.04. The number of thiophene rings is 1. The van der Waals surface area contributed by atoms with Gasteiger partial charge in [-0.3, -0.25) is 9.48 Å². The quantitative estimate of drug-likeness (QED) is 0.737. The van der Waals surface area contributed by atoms with Gasteiger partial charge in [-0.1, -0.05) is 12.1 Å². The maximum absolute atomic E-state index is 12.3. The first-order valence-corrected chi connectivity index (χ1v) is 8.94. The van der Waals surface area contributed by atoms with E-state index in [2.05, 4.69) is 10.4 Å². The molecule has 0 aliphatic rings. The molecule has 0 unspecified atom stereocenters. The number of amides is 1. The van der Waals surface area contributed by atoms with Crippen molar-refractivity contribution in [3.05, 3.63) is 58.2 Å². The normalized spacial score (nSPS) is 10.8. The minimum absolute atomic E-state index is 0.0609. The summed E-state index contributed by atoms with van der Waals surface area (Å²) >= 11 is 1.49. The number of rotatable bonds is 5. The number of hydrogen-bond acceptors (Lipinski definition) is 4. The third kappa shape index (κ3) is 3.74. The van der Waals surface area contributed by atoms with Crippen LogP contribution in [0.1, 0.15) is 26.6 Å². The van der Waals surface area contributed by atoms with Gasteiger partial charge in [0.05, 0.1) is 10.6 Å². The second-order valence-electron chi connectivity index (χ2n) is 6.01. The Bertz CT molecular complexity index is 894. The highest BCUT2D eigenvalue weighted by Gasteiger charge is 2.16. The number of aryl methyl sites for hydroxylation is 2. The minimum atomic E-state index is -0.0609. The summed E-state index contributed by atoms with van der Waals surface area (Å²) in [6, 6.07) is 10.9. The average molecular weight is 355 g/mol. The first-order chi connectivity index (χ1) is 12.0. The number of nitrogens with one attached hydrogen (secondary N) is 1. The standard InChI is InChI=1S/C19H21N3O2S/c1-12-18(13(2)22(3)21-12)16-8-9-17(25-16)19(24)20-11-10-14-4-6-15(23)7-5-14/h4-9,23H,10-11H2,1-3H3,(H,20,24). The summed E-state index contributed by atoms with van der Waals surface area (Å²) in [4.78, 5) is 14.1. The number of phenolic OH excluding ortho intramolecular Hbond substituents is 1. The van der Waals surface area contributed by atoms with Crippen LogP contribution in [0.3, 0.4) is 0 Å². The fraction of sp³-hybridized carbons (Fsp3) is 0.263. The van der Waals surface area contributed by atoms with Crippen LogP contribution in [-0.2, 0) is 13.5 Å². The summed E-state index contributed by atoms with van der Waals surface area (Å²) < 4.78 is 1.86. The van der Waals surface area contributed by atoms with E-state index in [0.717, 1.165) is 33.8 Å². The molecular formula is C19H21N3O2S. The fourth-order valence-corrected chi connectivity index (χ4v) is 3.87. The number of phenols is 1. The fourth-order valence-electron chi connectivity index (χ4n) is 2.79. The van der Waals surface area contributed by atoms with Gasteiger partial charge in [0.2, 0.25) is 0 Å². The van der Waals surface area contributed by atoms with Crippen LogP contribution in [0.4, 0.5) is 0 Å². The van der Waals surface area contributed by atoms with Crippen molar-refractivity contribution < 1.29 is 9.90 Å². The summed E-state index contributed by atoms with van der Waals surface area (Å²) in [5, 5.41) is 16.7. The second kappa shape index (κ2) is 7.11. The van der Waals surface area contributed by atoms with Gasteiger partial charge in [-0.05, 0) is 50.1 Å². The Kier molecular flexibility index (Phi) is 4.90. The summed E-state index contributed by atoms with van der Waals surface area (Å²) in [6.45, 7) is 4.58. The van der Waals surface area contributed by atoms with E-state index in [9.17, 15) is 9.90 Å². The van der Waals surface area contributed by atoms with E-state index in [1.165, 1.54) is 11.3 Å². The molecule has 2 aromatic heterocycles. The van der Waals surface area contributed by atoms with Crippen molar-refractivity contribution in [3.8, 4) is 16.2 Å². The van der Waals surface area contributed by atoms with Crippen molar-refractivity contribution in [3.63, 3.8) is 0 Å². The number of benzene rings is 1. The van der Waals surface area contributed by atoms with Gasteiger partial charge in [0, 0.05) is 29.7 Å². The van der Waals surface area contributed by atoms with Crippen LogP contribution < -0.4 is 5.32 Å². The molecule has 0 saturated heterocycles. The van der Waals surface area contributed by atoms with Crippen LogP contribution in [0.5, 0.6) is 5.75 Å². The highest BCUT2D eigenvalue weighted by Crippen LogP contribution is 2.32. The van der Waals surface area contributed by atoms with Gasteiger partial charge in [0.15, 0.2) is 0 Å². The van der Waals surface area contributed by atoms with Crippen molar-refractivity contribution >= 4 is 17.2 Å². The van der Waals surface area contributed by atoms with Crippen molar-refractivity contribution in [2.75, 3.05) is 6.54 Å². The van der Waals surface area contributed by atoms with Crippen LogP contribution in [0, 0.1) is 13.8 Å². The van der Waals surface area contributed by atoms with Gasteiger partial charge < -0.3 is 10.4 Å². The molecule has 0 aliphatic heterocycles. The third-order valence-electron chi connectivity index (χ3n) is 4.22. The van der Waals surface area contributed by atoms with E-state index in [0.29, 0.717) is 11.4 Å². The first kappa shape index (κ1) is 17.2. The van der Waals surface area contributed by atoms with E-state index in [1.54, 1.807) is 12.1 Å². The SMILES string of the molecule is Cc1nn(C)c(C)c1-c1ccc(C(=O)NCCc2ccc(O)cc2)s1. The van der Waals surface area contributed by atoms with Crippen molar-refractivity contribution in [1.82, 2.24) is 15.1 Å². The lowest BCUT2D eigenvalue weighted by atomic mass is 10.1. The molecule has 0 radical (unpaired) electrons. The minimum Gasteiger partial charge on any atom is -0.508 e. The zero-order valence-corrected chi connectivity index (χ0v) is 15.4. The number of carbonyl (C=O) groups excluding carboxylic acids is 1. The van der Waals surface area contributed by atoms with Crippen molar-refractivity contribution in [1.29, 1.82) is 0 Å². The lowest BCUT2D eigenvalue weighted by Crippen LogP contribution is -2.24. The Labute approximate surface area is 150 Å². The highest BCUT2D eigenvalue weighted by molar-refractivity contribution is 7.17.